The van der Waals surface area contributed by atoms with Crippen molar-refractivity contribution < 1.29 is 4.74 Å². The number of halogens is 1. The molecule has 4 nitrogen and oxygen atoms in total. The average Bonchev–Trinajstić information content (AvgIpc) is 2.24. The molecule has 1 fully saturated rings. The van der Waals surface area contributed by atoms with Crippen LogP contribution in [0.3, 0.4) is 0 Å². The quantitative estimate of drug-likeness (QED) is 0.858. The second-order valence-corrected chi connectivity index (χ2v) is 3.99. The van der Waals surface area contributed by atoms with E-state index in [4.69, 9.17) is 4.74 Å². The van der Waals surface area contributed by atoms with Crippen molar-refractivity contribution in [2.24, 2.45) is 0 Å². The monoisotopic (exact) mass is 243 g/mol. The summed E-state index contributed by atoms with van der Waals surface area (Å²) in [5.41, 5.74) is 1.81. The molecule has 1 saturated heterocycles. The summed E-state index contributed by atoms with van der Waals surface area (Å²) in [6.45, 7) is 5.88. The van der Waals surface area contributed by atoms with Gasteiger partial charge in [0.2, 0.25) is 5.88 Å². The predicted molar refractivity (Wildman–Crippen MR) is 65.3 cm³/mol. The van der Waals surface area contributed by atoms with Gasteiger partial charge in [-0.2, -0.15) is 0 Å². The Bertz CT molecular complexity index is 340. The maximum Gasteiger partial charge on any atom is 0.235 e. The van der Waals surface area contributed by atoms with Gasteiger partial charge in [0, 0.05) is 6.54 Å². The molecule has 1 atom stereocenters. The lowest BCUT2D eigenvalue weighted by molar-refractivity contribution is 0.158. The highest BCUT2D eigenvalue weighted by Crippen LogP contribution is 2.16. The lowest BCUT2D eigenvalue weighted by Crippen LogP contribution is -2.37. The van der Waals surface area contributed by atoms with Crippen LogP contribution in [0.25, 0.3) is 0 Å². The molecule has 0 amide bonds. The van der Waals surface area contributed by atoms with Crippen LogP contribution in [0.5, 0.6) is 5.88 Å². The highest BCUT2D eigenvalue weighted by Gasteiger charge is 2.16. The summed E-state index contributed by atoms with van der Waals surface area (Å²) >= 11 is 0. The van der Waals surface area contributed by atoms with Gasteiger partial charge in [0.25, 0.3) is 0 Å². The number of nitrogens with zero attached hydrogens (tertiary/aromatic N) is 2. The summed E-state index contributed by atoms with van der Waals surface area (Å²) in [6, 6.07) is 0. The molecule has 1 aromatic heterocycles. The number of rotatable bonds is 2. The Morgan fingerprint density at radius 2 is 2.25 bits per heavy atom. The average molecular weight is 244 g/mol. The van der Waals surface area contributed by atoms with Crippen molar-refractivity contribution >= 4 is 12.4 Å². The Kier molecular flexibility index (Phi) is 4.96. The van der Waals surface area contributed by atoms with E-state index in [-0.39, 0.29) is 18.5 Å². The zero-order chi connectivity index (χ0) is 10.7. The van der Waals surface area contributed by atoms with Crippen molar-refractivity contribution in [3.8, 4) is 5.88 Å². The molecule has 5 heteroatoms. The zero-order valence-corrected chi connectivity index (χ0v) is 10.5. The van der Waals surface area contributed by atoms with Gasteiger partial charge >= 0.3 is 0 Å². The zero-order valence-electron chi connectivity index (χ0n) is 9.69. The van der Waals surface area contributed by atoms with E-state index in [0.29, 0.717) is 5.88 Å². The number of aromatic nitrogens is 2. The normalized spacial score (nSPS) is 20.0. The standard InChI is InChI=1S/C11H17N3O.ClH/c1-8-6-13-11(9(2)14-8)15-10-4-3-5-12-7-10;/h6,10,12H,3-5,7H2,1-2H3;1H. The van der Waals surface area contributed by atoms with Crippen molar-refractivity contribution in [3.05, 3.63) is 17.6 Å². The third-order valence-electron chi connectivity index (χ3n) is 2.55. The van der Waals surface area contributed by atoms with Gasteiger partial charge in [0.15, 0.2) is 0 Å². The largest absolute Gasteiger partial charge is 0.472 e. The first-order chi connectivity index (χ1) is 7.25. The molecule has 16 heavy (non-hydrogen) atoms. The van der Waals surface area contributed by atoms with E-state index in [1.54, 1.807) is 6.20 Å². The number of ether oxygens (including phenoxy) is 1. The molecular formula is C11H18ClN3O. The highest BCUT2D eigenvalue weighted by atomic mass is 35.5. The minimum Gasteiger partial charge on any atom is -0.472 e. The number of piperidine rings is 1. The van der Waals surface area contributed by atoms with Gasteiger partial charge in [-0.25, -0.2) is 4.98 Å². The SMILES string of the molecule is Cc1cnc(OC2CCCNC2)c(C)n1.Cl. The molecule has 2 heterocycles. The van der Waals surface area contributed by atoms with Gasteiger partial charge in [0.05, 0.1) is 17.6 Å². The Balaban J connectivity index is 0.00000128. The molecule has 0 aromatic carbocycles. The molecule has 1 N–H and O–H groups in total. The fraction of sp³-hybridized carbons (Fsp3) is 0.636. The van der Waals surface area contributed by atoms with Crippen molar-refractivity contribution in [2.75, 3.05) is 13.1 Å². The van der Waals surface area contributed by atoms with E-state index in [1.165, 1.54) is 6.42 Å². The smallest absolute Gasteiger partial charge is 0.235 e. The summed E-state index contributed by atoms with van der Waals surface area (Å²) in [6.07, 6.45) is 4.26. The van der Waals surface area contributed by atoms with Gasteiger partial charge in [-0.05, 0) is 33.2 Å². The minimum absolute atomic E-state index is 0. The van der Waals surface area contributed by atoms with Crippen LogP contribution in [0.4, 0.5) is 0 Å². The molecule has 90 valence electrons. The summed E-state index contributed by atoms with van der Waals surface area (Å²) in [4.78, 5) is 8.59. The number of aryl methyl sites for hydroxylation is 2. The number of nitrogens with one attached hydrogen (secondary N) is 1. The maximum absolute atomic E-state index is 5.80. The minimum atomic E-state index is 0. The third-order valence-corrected chi connectivity index (χ3v) is 2.55. The molecule has 2 rings (SSSR count). The fourth-order valence-corrected chi connectivity index (χ4v) is 1.78. The summed E-state index contributed by atoms with van der Waals surface area (Å²) in [5, 5.41) is 3.31. The topological polar surface area (TPSA) is 47.0 Å². The van der Waals surface area contributed by atoms with E-state index in [1.807, 2.05) is 13.8 Å². The molecule has 1 unspecified atom stereocenters. The van der Waals surface area contributed by atoms with Gasteiger partial charge in [0.1, 0.15) is 6.10 Å². The van der Waals surface area contributed by atoms with Gasteiger partial charge < -0.3 is 10.1 Å². The van der Waals surface area contributed by atoms with Crippen LogP contribution in [0.2, 0.25) is 0 Å². The molecule has 0 aliphatic carbocycles. The van der Waals surface area contributed by atoms with Crippen LogP contribution in [0.1, 0.15) is 24.2 Å². The molecular weight excluding hydrogens is 226 g/mol. The van der Waals surface area contributed by atoms with Crippen molar-refractivity contribution in [1.82, 2.24) is 15.3 Å². The van der Waals surface area contributed by atoms with Crippen LogP contribution in [0.15, 0.2) is 6.20 Å². The van der Waals surface area contributed by atoms with Crippen molar-refractivity contribution in [2.45, 2.75) is 32.8 Å². The first-order valence-electron chi connectivity index (χ1n) is 5.43. The van der Waals surface area contributed by atoms with Crippen LogP contribution in [0, 0.1) is 13.8 Å². The van der Waals surface area contributed by atoms with Gasteiger partial charge in [-0.1, -0.05) is 0 Å². The second-order valence-electron chi connectivity index (χ2n) is 3.99. The second kappa shape index (κ2) is 6.01. The Hall–Kier alpha value is -0.870. The van der Waals surface area contributed by atoms with E-state index >= 15 is 0 Å². The lowest BCUT2D eigenvalue weighted by atomic mass is 10.1. The molecule has 1 aliphatic heterocycles. The van der Waals surface area contributed by atoms with Gasteiger partial charge in [-0.15, -0.1) is 12.4 Å². The molecule has 1 aliphatic rings. The lowest BCUT2D eigenvalue weighted by Gasteiger charge is -2.23. The Labute approximate surface area is 102 Å². The fourth-order valence-electron chi connectivity index (χ4n) is 1.78. The number of hydrogen-bond acceptors (Lipinski definition) is 4. The van der Waals surface area contributed by atoms with E-state index in [0.717, 1.165) is 30.9 Å². The molecule has 0 spiro atoms. The summed E-state index contributed by atoms with van der Waals surface area (Å²) in [7, 11) is 0. The van der Waals surface area contributed by atoms with E-state index in [2.05, 4.69) is 15.3 Å². The Morgan fingerprint density at radius 3 is 2.88 bits per heavy atom. The van der Waals surface area contributed by atoms with Crippen LogP contribution in [-0.2, 0) is 0 Å². The first-order valence-corrected chi connectivity index (χ1v) is 5.43. The van der Waals surface area contributed by atoms with Crippen molar-refractivity contribution in [1.29, 1.82) is 0 Å². The molecule has 1 aromatic rings. The van der Waals surface area contributed by atoms with Crippen molar-refractivity contribution in [3.63, 3.8) is 0 Å². The molecule has 0 saturated carbocycles. The third kappa shape index (κ3) is 3.32. The highest BCUT2D eigenvalue weighted by molar-refractivity contribution is 5.85. The Morgan fingerprint density at radius 1 is 1.44 bits per heavy atom. The predicted octanol–water partition coefficient (Wildman–Crippen LogP) is 1.65. The van der Waals surface area contributed by atoms with Gasteiger partial charge in [-0.3, -0.25) is 4.98 Å². The van der Waals surface area contributed by atoms with Crippen LogP contribution in [-0.4, -0.2) is 29.2 Å². The maximum atomic E-state index is 5.80. The molecule has 0 radical (unpaired) electrons. The summed E-state index contributed by atoms with van der Waals surface area (Å²) < 4.78 is 5.80. The summed E-state index contributed by atoms with van der Waals surface area (Å²) in [5.74, 6) is 0.675. The molecule has 0 bridgehead atoms. The van der Waals surface area contributed by atoms with Crippen LogP contribution >= 0.6 is 12.4 Å². The van der Waals surface area contributed by atoms with E-state index in [9.17, 15) is 0 Å². The first kappa shape index (κ1) is 13.2. The number of hydrogen-bond donors (Lipinski definition) is 1. The van der Waals surface area contributed by atoms with Crippen LogP contribution < -0.4 is 10.1 Å². The van der Waals surface area contributed by atoms with E-state index < -0.39 is 0 Å².